The Morgan fingerprint density at radius 1 is 0.730 bits per heavy atom. The Hall–Kier alpha value is -4.01. The highest BCUT2D eigenvalue weighted by atomic mass is 19.4. The van der Waals surface area contributed by atoms with Gasteiger partial charge in [0, 0.05) is 17.2 Å². The van der Waals surface area contributed by atoms with Crippen LogP contribution in [0.2, 0.25) is 0 Å². The van der Waals surface area contributed by atoms with Crippen molar-refractivity contribution in [3.05, 3.63) is 137 Å². The summed E-state index contributed by atoms with van der Waals surface area (Å²) in [5.74, 6) is 7.15. The minimum atomic E-state index is -4.33. The van der Waals surface area contributed by atoms with Gasteiger partial charge in [-0.25, -0.2) is 0 Å². The van der Waals surface area contributed by atoms with Gasteiger partial charge in [0.05, 0.1) is 5.56 Å². The fraction of sp³-hybridized carbons (Fsp3) is 0.188. The molecule has 0 aromatic heterocycles. The van der Waals surface area contributed by atoms with E-state index in [1.54, 1.807) is 12.1 Å². The molecule has 0 heterocycles. The number of nitrogens with one attached hydrogen (secondary N) is 1. The van der Waals surface area contributed by atoms with Crippen molar-refractivity contribution in [1.82, 2.24) is 5.32 Å². The molecule has 0 fully saturated rings. The van der Waals surface area contributed by atoms with Gasteiger partial charge in [0.25, 0.3) is 0 Å². The second kappa shape index (κ2) is 12.3. The first-order valence-electron chi connectivity index (χ1n) is 12.2. The Bertz CT molecular complexity index is 1320. The van der Waals surface area contributed by atoms with Crippen LogP contribution in [0, 0.1) is 11.8 Å². The molecule has 0 spiro atoms. The van der Waals surface area contributed by atoms with Crippen LogP contribution in [-0.4, -0.2) is 6.54 Å². The Balaban J connectivity index is 1.36. The third-order valence-corrected chi connectivity index (χ3v) is 5.94. The maximum absolute atomic E-state index is 12.9. The molecule has 0 bridgehead atoms. The number of rotatable bonds is 8. The molecule has 1 atom stereocenters. The smallest absolute Gasteiger partial charge is 0.416 e. The van der Waals surface area contributed by atoms with E-state index in [0.29, 0.717) is 19.6 Å². The summed E-state index contributed by atoms with van der Waals surface area (Å²) in [6.45, 7) is 3.22. The Labute approximate surface area is 216 Å². The van der Waals surface area contributed by atoms with Gasteiger partial charge < -0.3 is 10.1 Å². The zero-order chi connectivity index (χ0) is 26.1. The second-order valence-corrected chi connectivity index (χ2v) is 8.68. The summed E-state index contributed by atoms with van der Waals surface area (Å²) in [6.07, 6.45) is -3.67. The number of hydrogen-bond donors (Lipinski definition) is 1. The van der Waals surface area contributed by atoms with Crippen LogP contribution in [0.1, 0.15) is 46.3 Å². The lowest BCUT2D eigenvalue weighted by Crippen LogP contribution is -2.23. The SMILES string of the molecule is CCNC(Cc1ccc(C#Cc2ccc(OCc3ccccc3)cc2)cc1)c1ccc(C(F)(F)F)cc1. The molecule has 37 heavy (non-hydrogen) atoms. The molecule has 1 N–H and O–H groups in total. The van der Waals surface area contributed by atoms with E-state index in [-0.39, 0.29) is 6.04 Å². The van der Waals surface area contributed by atoms with E-state index in [2.05, 4.69) is 17.2 Å². The first-order valence-corrected chi connectivity index (χ1v) is 12.2. The summed E-state index contributed by atoms with van der Waals surface area (Å²) in [7, 11) is 0. The van der Waals surface area contributed by atoms with Gasteiger partial charge in [0.1, 0.15) is 12.4 Å². The fourth-order valence-corrected chi connectivity index (χ4v) is 3.94. The van der Waals surface area contributed by atoms with E-state index < -0.39 is 11.7 Å². The molecule has 0 saturated carbocycles. The fourth-order valence-electron chi connectivity index (χ4n) is 3.94. The lowest BCUT2D eigenvalue weighted by atomic mass is 9.97. The molecule has 0 saturated heterocycles. The largest absolute Gasteiger partial charge is 0.489 e. The van der Waals surface area contributed by atoms with Crippen LogP contribution in [0.25, 0.3) is 0 Å². The molecule has 4 aromatic carbocycles. The van der Waals surface area contributed by atoms with E-state index in [1.165, 1.54) is 0 Å². The van der Waals surface area contributed by atoms with Crippen molar-refractivity contribution >= 4 is 0 Å². The summed E-state index contributed by atoms with van der Waals surface area (Å²) in [5.41, 5.74) is 4.18. The Kier molecular flexibility index (Phi) is 8.66. The van der Waals surface area contributed by atoms with Gasteiger partial charge in [-0.15, -0.1) is 0 Å². The van der Waals surface area contributed by atoms with Crippen molar-refractivity contribution in [2.75, 3.05) is 6.54 Å². The number of hydrogen-bond acceptors (Lipinski definition) is 2. The molecule has 4 aromatic rings. The maximum Gasteiger partial charge on any atom is 0.416 e. The first kappa shape index (κ1) is 26.1. The maximum atomic E-state index is 12.9. The molecule has 5 heteroatoms. The summed E-state index contributed by atoms with van der Waals surface area (Å²) in [6, 6.07) is 31.0. The van der Waals surface area contributed by atoms with E-state index in [4.69, 9.17) is 4.74 Å². The normalized spacial score (nSPS) is 11.9. The van der Waals surface area contributed by atoms with Crippen molar-refractivity contribution in [2.24, 2.45) is 0 Å². The standard InChI is InChI=1S/C32H28F3NO/c1-2-36-31(28-16-18-29(19-17-28)32(33,34)35)22-26-12-10-24(11-13-26)8-9-25-14-20-30(21-15-25)37-23-27-6-4-3-5-7-27/h3-7,10-21,31,36H,2,22-23H2,1H3. The topological polar surface area (TPSA) is 21.3 Å². The Morgan fingerprint density at radius 3 is 1.89 bits per heavy atom. The monoisotopic (exact) mass is 499 g/mol. The highest BCUT2D eigenvalue weighted by Crippen LogP contribution is 2.30. The van der Waals surface area contributed by atoms with E-state index in [9.17, 15) is 13.2 Å². The second-order valence-electron chi connectivity index (χ2n) is 8.68. The molecule has 0 amide bonds. The highest BCUT2D eigenvalue weighted by Gasteiger charge is 2.30. The Morgan fingerprint density at radius 2 is 1.32 bits per heavy atom. The number of ether oxygens (including phenoxy) is 1. The van der Waals surface area contributed by atoms with Gasteiger partial charge in [-0.05, 0) is 78.2 Å². The molecule has 1 unspecified atom stereocenters. The molecule has 0 aliphatic carbocycles. The van der Waals surface area contributed by atoms with Crippen LogP contribution < -0.4 is 10.1 Å². The van der Waals surface area contributed by atoms with Crippen molar-refractivity contribution in [3.63, 3.8) is 0 Å². The van der Waals surface area contributed by atoms with E-state index in [1.807, 2.05) is 85.8 Å². The molecular formula is C32H28F3NO. The summed E-state index contributed by atoms with van der Waals surface area (Å²) in [4.78, 5) is 0. The van der Waals surface area contributed by atoms with Gasteiger partial charge in [-0.1, -0.05) is 73.4 Å². The van der Waals surface area contributed by atoms with E-state index in [0.717, 1.165) is 45.7 Å². The molecular weight excluding hydrogens is 471 g/mol. The molecule has 0 aliphatic heterocycles. The predicted molar refractivity (Wildman–Crippen MR) is 141 cm³/mol. The average molecular weight is 500 g/mol. The lowest BCUT2D eigenvalue weighted by Gasteiger charge is -2.19. The van der Waals surface area contributed by atoms with Crippen LogP contribution in [0.15, 0.2) is 103 Å². The van der Waals surface area contributed by atoms with Crippen LogP contribution in [0.3, 0.4) is 0 Å². The third-order valence-electron chi connectivity index (χ3n) is 5.94. The lowest BCUT2D eigenvalue weighted by molar-refractivity contribution is -0.137. The van der Waals surface area contributed by atoms with Crippen molar-refractivity contribution in [2.45, 2.75) is 32.2 Å². The van der Waals surface area contributed by atoms with Crippen molar-refractivity contribution in [3.8, 4) is 17.6 Å². The summed E-state index contributed by atoms with van der Waals surface area (Å²) >= 11 is 0. The minimum absolute atomic E-state index is 0.0770. The third kappa shape index (κ3) is 7.73. The molecule has 2 nitrogen and oxygen atoms in total. The van der Waals surface area contributed by atoms with Crippen molar-refractivity contribution in [1.29, 1.82) is 0 Å². The highest BCUT2D eigenvalue weighted by molar-refractivity contribution is 5.45. The number of alkyl halides is 3. The minimum Gasteiger partial charge on any atom is -0.489 e. The number of likely N-dealkylation sites (N-methyl/N-ethyl adjacent to an activating group) is 1. The first-order chi connectivity index (χ1) is 17.9. The van der Waals surface area contributed by atoms with Crippen LogP contribution in [-0.2, 0) is 19.2 Å². The van der Waals surface area contributed by atoms with Gasteiger partial charge in [-0.3, -0.25) is 0 Å². The summed E-state index contributed by atoms with van der Waals surface area (Å²) in [5, 5.41) is 3.37. The van der Waals surface area contributed by atoms with Crippen LogP contribution in [0.5, 0.6) is 5.75 Å². The quantitative estimate of drug-likeness (QED) is 0.252. The van der Waals surface area contributed by atoms with Crippen LogP contribution in [0.4, 0.5) is 13.2 Å². The summed E-state index contributed by atoms with van der Waals surface area (Å²) < 4.78 is 44.5. The van der Waals surface area contributed by atoms with Crippen molar-refractivity contribution < 1.29 is 17.9 Å². The molecule has 4 rings (SSSR count). The molecule has 188 valence electrons. The zero-order valence-corrected chi connectivity index (χ0v) is 20.6. The zero-order valence-electron chi connectivity index (χ0n) is 20.6. The van der Waals surface area contributed by atoms with E-state index >= 15 is 0 Å². The van der Waals surface area contributed by atoms with Gasteiger partial charge in [0.2, 0.25) is 0 Å². The number of halogens is 3. The average Bonchev–Trinajstić information content (AvgIpc) is 2.92. The molecule has 0 radical (unpaired) electrons. The number of benzene rings is 4. The van der Waals surface area contributed by atoms with Gasteiger partial charge >= 0.3 is 6.18 Å². The predicted octanol–water partition coefficient (Wildman–Crippen LogP) is 7.58. The van der Waals surface area contributed by atoms with Crippen LogP contribution >= 0.6 is 0 Å². The van der Waals surface area contributed by atoms with Gasteiger partial charge in [0.15, 0.2) is 0 Å². The van der Waals surface area contributed by atoms with Gasteiger partial charge in [-0.2, -0.15) is 13.2 Å². The molecule has 0 aliphatic rings.